The smallest absolute Gasteiger partial charge is 0.332 e. The lowest BCUT2D eigenvalue weighted by atomic mass is 9.71. The highest BCUT2D eigenvalue weighted by molar-refractivity contribution is 5.71. The highest BCUT2D eigenvalue weighted by atomic mass is 16.6. The third-order valence-corrected chi connectivity index (χ3v) is 6.29. The topological polar surface area (TPSA) is 55.8 Å². The molecular formula is C30H50O4. The monoisotopic (exact) mass is 474 g/mol. The van der Waals surface area contributed by atoms with E-state index in [0.29, 0.717) is 12.5 Å². The number of allylic oxidation sites excluding steroid dienone is 6. The van der Waals surface area contributed by atoms with Crippen molar-refractivity contribution < 1.29 is 19.4 Å². The molecule has 0 bridgehead atoms. The molecule has 1 saturated carbocycles. The minimum Gasteiger partial charge on any atom is -0.458 e. The van der Waals surface area contributed by atoms with Gasteiger partial charge in [-0.1, -0.05) is 67.9 Å². The third kappa shape index (κ3) is 13.9. The van der Waals surface area contributed by atoms with Crippen molar-refractivity contribution in [1.29, 1.82) is 0 Å². The highest BCUT2D eigenvalue weighted by Gasteiger charge is 2.28. The number of rotatable bonds is 13. The first-order valence-corrected chi connectivity index (χ1v) is 13.1. The summed E-state index contributed by atoms with van der Waals surface area (Å²) in [4.78, 5) is 11.8. The second-order valence-corrected chi connectivity index (χ2v) is 11.3. The number of esters is 1. The summed E-state index contributed by atoms with van der Waals surface area (Å²) < 4.78 is 10.8. The molecule has 0 spiro atoms. The van der Waals surface area contributed by atoms with Gasteiger partial charge in [0, 0.05) is 5.41 Å². The lowest BCUT2D eigenvalue weighted by Crippen LogP contribution is -2.26. The van der Waals surface area contributed by atoms with Gasteiger partial charge in [0.05, 0.1) is 12.7 Å². The molecule has 4 heteroatoms. The molecule has 0 aromatic heterocycles. The summed E-state index contributed by atoms with van der Waals surface area (Å²) in [5, 5.41) is 10.3. The van der Waals surface area contributed by atoms with Crippen molar-refractivity contribution in [3.8, 4) is 0 Å². The fourth-order valence-electron chi connectivity index (χ4n) is 4.26. The summed E-state index contributed by atoms with van der Waals surface area (Å²) in [5.41, 5.74) is 2.23. The van der Waals surface area contributed by atoms with Gasteiger partial charge in [0.1, 0.15) is 12.2 Å². The average molecular weight is 475 g/mol. The van der Waals surface area contributed by atoms with Crippen LogP contribution in [0.1, 0.15) is 99.8 Å². The SMILES string of the molecule is CC(C)=CCC[C@H](C)CC[C@H](O)C=CC=C[C@]1(C)CCCCC1=CCOCC(=O)OC(C)(C)C. The first-order chi connectivity index (χ1) is 15.9. The Kier molecular flexibility index (Phi) is 13.7. The molecule has 1 rings (SSSR count). The number of hydrogen-bond acceptors (Lipinski definition) is 4. The van der Waals surface area contributed by atoms with Crippen molar-refractivity contribution in [2.45, 2.75) is 112 Å². The molecule has 1 aliphatic carbocycles. The molecule has 1 aliphatic rings. The molecule has 0 aromatic rings. The first-order valence-electron chi connectivity index (χ1n) is 13.1. The van der Waals surface area contributed by atoms with Gasteiger partial charge in [0.2, 0.25) is 0 Å². The van der Waals surface area contributed by atoms with Gasteiger partial charge in [0.15, 0.2) is 0 Å². The van der Waals surface area contributed by atoms with Crippen molar-refractivity contribution in [3.63, 3.8) is 0 Å². The van der Waals surface area contributed by atoms with E-state index in [1.165, 1.54) is 30.4 Å². The van der Waals surface area contributed by atoms with Crippen LogP contribution in [0.25, 0.3) is 0 Å². The largest absolute Gasteiger partial charge is 0.458 e. The molecule has 3 atom stereocenters. The molecule has 1 fully saturated rings. The van der Waals surface area contributed by atoms with Crippen LogP contribution in [-0.2, 0) is 14.3 Å². The van der Waals surface area contributed by atoms with E-state index in [4.69, 9.17) is 9.47 Å². The zero-order valence-electron chi connectivity index (χ0n) is 22.9. The van der Waals surface area contributed by atoms with E-state index < -0.39 is 11.7 Å². The summed E-state index contributed by atoms with van der Waals surface area (Å²) in [5.74, 6) is 0.295. The summed E-state index contributed by atoms with van der Waals surface area (Å²) in [6, 6.07) is 0. The fraction of sp³-hybridized carbons (Fsp3) is 0.700. The van der Waals surface area contributed by atoms with Crippen LogP contribution >= 0.6 is 0 Å². The van der Waals surface area contributed by atoms with Gasteiger partial charge in [-0.2, -0.15) is 0 Å². The summed E-state index contributed by atoms with van der Waals surface area (Å²) in [6.45, 7) is 14.8. The van der Waals surface area contributed by atoms with E-state index in [2.05, 4.69) is 52.0 Å². The zero-order chi connectivity index (χ0) is 25.6. The number of aliphatic hydroxyl groups is 1. The van der Waals surface area contributed by atoms with Crippen LogP contribution in [0.15, 0.2) is 47.6 Å². The molecule has 1 N–H and O–H groups in total. The maximum Gasteiger partial charge on any atom is 0.332 e. The lowest BCUT2D eigenvalue weighted by molar-refractivity contribution is -0.159. The van der Waals surface area contributed by atoms with Crippen molar-refractivity contribution in [2.24, 2.45) is 11.3 Å². The maximum absolute atomic E-state index is 11.8. The summed E-state index contributed by atoms with van der Waals surface area (Å²) in [7, 11) is 0. The van der Waals surface area contributed by atoms with Crippen molar-refractivity contribution in [1.82, 2.24) is 0 Å². The van der Waals surface area contributed by atoms with Gasteiger partial charge >= 0.3 is 5.97 Å². The normalized spacial score (nSPS) is 22.3. The Labute approximate surface area is 209 Å². The third-order valence-electron chi connectivity index (χ3n) is 6.29. The second-order valence-electron chi connectivity index (χ2n) is 11.3. The molecule has 34 heavy (non-hydrogen) atoms. The Morgan fingerprint density at radius 3 is 2.56 bits per heavy atom. The second kappa shape index (κ2) is 15.4. The van der Waals surface area contributed by atoms with Crippen LogP contribution in [0.3, 0.4) is 0 Å². The van der Waals surface area contributed by atoms with E-state index >= 15 is 0 Å². The first kappa shape index (κ1) is 30.4. The van der Waals surface area contributed by atoms with Crippen LogP contribution in [-0.4, -0.2) is 36.0 Å². The Morgan fingerprint density at radius 2 is 1.88 bits per heavy atom. The van der Waals surface area contributed by atoms with E-state index in [0.717, 1.165) is 32.1 Å². The van der Waals surface area contributed by atoms with E-state index in [1.54, 1.807) is 0 Å². The van der Waals surface area contributed by atoms with Crippen molar-refractivity contribution in [3.05, 3.63) is 47.6 Å². The van der Waals surface area contributed by atoms with Crippen molar-refractivity contribution >= 4 is 5.97 Å². The predicted molar refractivity (Wildman–Crippen MR) is 143 cm³/mol. The van der Waals surface area contributed by atoms with Crippen LogP contribution < -0.4 is 0 Å². The highest BCUT2D eigenvalue weighted by Crippen LogP contribution is 2.41. The zero-order valence-corrected chi connectivity index (χ0v) is 22.9. The van der Waals surface area contributed by atoms with Crippen LogP contribution in [0, 0.1) is 11.3 Å². The van der Waals surface area contributed by atoms with Crippen LogP contribution in [0.5, 0.6) is 0 Å². The predicted octanol–water partition coefficient (Wildman–Crippen LogP) is 7.49. The van der Waals surface area contributed by atoms with Gasteiger partial charge in [-0.3, -0.25) is 0 Å². The Morgan fingerprint density at radius 1 is 1.15 bits per heavy atom. The molecule has 0 unspecified atom stereocenters. The number of hydrogen-bond donors (Lipinski definition) is 1. The van der Waals surface area contributed by atoms with Crippen molar-refractivity contribution in [2.75, 3.05) is 13.2 Å². The fourth-order valence-corrected chi connectivity index (χ4v) is 4.26. The summed E-state index contributed by atoms with van der Waals surface area (Å²) >= 11 is 0. The van der Waals surface area contributed by atoms with Gasteiger partial charge in [-0.25, -0.2) is 4.79 Å². The summed E-state index contributed by atoms with van der Waals surface area (Å²) in [6.07, 6.45) is 20.9. The number of ether oxygens (including phenoxy) is 2. The molecule has 0 radical (unpaired) electrons. The molecule has 0 saturated heterocycles. The Balaban J connectivity index is 2.50. The van der Waals surface area contributed by atoms with Gasteiger partial charge < -0.3 is 14.6 Å². The molecule has 0 amide bonds. The molecule has 194 valence electrons. The number of carbonyl (C=O) groups is 1. The molecule has 0 aromatic carbocycles. The standard InChI is InChI=1S/C30H50O4/c1-24(2)13-12-14-25(3)17-18-27(31)16-9-11-21-30(7)20-10-8-15-26(30)19-22-33-23-28(32)34-29(4,5)6/h9,11,13,16,19,21,25,27,31H,8,10,12,14-15,17-18,20,22-23H2,1-7H3/t25-,27+,30-/m0/s1. The molecule has 4 nitrogen and oxygen atoms in total. The maximum atomic E-state index is 11.8. The lowest BCUT2D eigenvalue weighted by Gasteiger charge is -2.34. The molecular weight excluding hydrogens is 424 g/mol. The quantitative estimate of drug-likeness (QED) is 0.130. The van der Waals surface area contributed by atoms with Gasteiger partial charge in [-0.15, -0.1) is 0 Å². The molecule has 0 aliphatic heterocycles. The van der Waals surface area contributed by atoms with E-state index in [9.17, 15) is 9.90 Å². The van der Waals surface area contributed by atoms with Gasteiger partial charge in [0.25, 0.3) is 0 Å². The van der Waals surface area contributed by atoms with Crippen LogP contribution in [0.2, 0.25) is 0 Å². The van der Waals surface area contributed by atoms with E-state index in [1.807, 2.05) is 32.9 Å². The Hall–Kier alpha value is -1.65. The number of aliphatic hydroxyl groups excluding tert-OH is 1. The Bertz CT molecular complexity index is 719. The molecule has 0 heterocycles. The minimum atomic E-state index is -0.490. The minimum absolute atomic E-state index is 0.0116. The number of carbonyl (C=O) groups excluding carboxylic acids is 1. The van der Waals surface area contributed by atoms with Gasteiger partial charge in [-0.05, 0) is 85.5 Å². The average Bonchev–Trinajstić information content (AvgIpc) is 2.72. The van der Waals surface area contributed by atoms with E-state index in [-0.39, 0.29) is 18.0 Å². The van der Waals surface area contributed by atoms with Crippen LogP contribution in [0.4, 0.5) is 0 Å².